The van der Waals surface area contributed by atoms with Crippen LogP contribution in [0.3, 0.4) is 0 Å². The highest BCUT2D eigenvalue weighted by molar-refractivity contribution is 7.11. The Balaban J connectivity index is 2.13. The van der Waals surface area contributed by atoms with Gasteiger partial charge in [-0.25, -0.2) is 4.98 Å². The average Bonchev–Trinajstić information content (AvgIpc) is 2.97. The molecule has 0 aliphatic rings. The number of likely N-dealkylation sites (N-methyl/N-ethyl adjacent to an activating group) is 1. The minimum Gasteiger partial charge on any atom is -0.336 e. The summed E-state index contributed by atoms with van der Waals surface area (Å²) in [5.41, 5.74) is 1.25. The molecule has 1 N–H and O–H groups in total. The zero-order valence-corrected chi connectivity index (χ0v) is 12.1. The normalized spacial score (nSPS) is 12.8. The van der Waals surface area contributed by atoms with Crippen molar-refractivity contribution < 1.29 is 0 Å². The van der Waals surface area contributed by atoms with Crippen molar-refractivity contribution >= 4 is 11.3 Å². The molecular formula is C14H21N3S. The zero-order chi connectivity index (χ0) is 13.0. The Labute approximate surface area is 113 Å². The monoisotopic (exact) mass is 263 g/mol. The van der Waals surface area contributed by atoms with E-state index in [1.165, 1.54) is 15.4 Å². The number of aryl methyl sites for hydroxylation is 2. The molecule has 2 rings (SSSR count). The third-order valence-corrected chi connectivity index (χ3v) is 4.38. The molecule has 0 saturated heterocycles. The third-order valence-electron chi connectivity index (χ3n) is 3.13. The SMILES string of the molecule is CCNC(Cc1ccc(CC)s1)c1cncn1C. The van der Waals surface area contributed by atoms with Crippen LogP contribution in [0.15, 0.2) is 24.7 Å². The van der Waals surface area contributed by atoms with Gasteiger partial charge in [-0.05, 0) is 25.1 Å². The van der Waals surface area contributed by atoms with Gasteiger partial charge in [0.05, 0.1) is 18.1 Å². The summed E-state index contributed by atoms with van der Waals surface area (Å²) in [5, 5.41) is 3.55. The third kappa shape index (κ3) is 3.00. The molecule has 0 aliphatic carbocycles. The maximum Gasteiger partial charge on any atom is 0.0946 e. The van der Waals surface area contributed by atoms with E-state index < -0.39 is 0 Å². The van der Waals surface area contributed by atoms with E-state index in [1.807, 2.05) is 23.9 Å². The second-order valence-corrected chi connectivity index (χ2v) is 5.72. The van der Waals surface area contributed by atoms with Gasteiger partial charge in [0.15, 0.2) is 0 Å². The number of hydrogen-bond acceptors (Lipinski definition) is 3. The van der Waals surface area contributed by atoms with E-state index in [0.29, 0.717) is 6.04 Å². The first-order valence-electron chi connectivity index (χ1n) is 6.51. The van der Waals surface area contributed by atoms with Crippen molar-refractivity contribution in [3.63, 3.8) is 0 Å². The molecule has 0 saturated carbocycles. The molecule has 2 aromatic heterocycles. The average molecular weight is 263 g/mol. The van der Waals surface area contributed by atoms with Gasteiger partial charge in [0.1, 0.15) is 0 Å². The molecule has 0 aliphatic heterocycles. The molecule has 18 heavy (non-hydrogen) atoms. The van der Waals surface area contributed by atoms with Gasteiger partial charge in [-0.1, -0.05) is 13.8 Å². The van der Waals surface area contributed by atoms with Crippen LogP contribution in [-0.2, 0) is 19.9 Å². The lowest BCUT2D eigenvalue weighted by Gasteiger charge is -2.17. The minimum atomic E-state index is 0.353. The minimum absolute atomic E-state index is 0.353. The van der Waals surface area contributed by atoms with E-state index in [-0.39, 0.29) is 0 Å². The summed E-state index contributed by atoms with van der Waals surface area (Å²) in [5.74, 6) is 0. The Bertz CT molecular complexity index is 487. The van der Waals surface area contributed by atoms with Crippen LogP contribution < -0.4 is 5.32 Å². The molecule has 1 unspecified atom stereocenters. The molecular weight excluding hydrogens is 242 g/mol. The van der Waals surface area contributed by atoms with Crippen LogP contribution in [0.4, 0.5) is 0 Å². The lowest BCUT2D eigenvalue weighted by molar-refractivity contribution is 0.524. The van der Waals surface area contributed by atoms with Gasteiger partial charge < -0.3 is 9.88 Å². The number of aromatic nitrogens is 2. The van der Waals surface area contributed by atoms with E-state index in [1.54, 1.807) is 0 Å². The fraction of sp³-hybridized carbons (Fsp3) is 0.500. The lowest BCUT2D eigenvalue weighted by atomic mass is 10.1. The summed E-state index contributed by atoms with van der Waals surface area (Å²) in [4.78, 5) is 7.12. The van der Waals surface area contributed by atoms with Crippen LogP contribution in [0.5, 0.6) is 0 Å². The van der Waals surface area contributed by atoms with Crippen molar-refractivity contribution in [3.8, 4) is 0 Å². The fourth-order valence-corrected chi connectivity index (χ4v) is 3.16. The summed E-state index contributed by atoms with van der Waals surface area (Å²) < 4.78 is 2.10. The Hall–Kier alpha value is -1.13. The second-order valence-electron chi connectivity index (χ2n) is 4.47. The Morgan fingerprint density at radius 2 is 2.11 bits per heavy atom. The standard InChI is InChI=1S/C14H21N3S/c1-4-11-6-7-12(18-11)8-13(16-5-2)14-9-15-10-17(14)3/h6-7,9-10,13,16H,4-5,8H2,1-3H3. The molecule has 0 spiro atoms. The molecule has 0 amide bonds. The number of hydrogen-bond donors (Lipinski definition) is 1. The first-order chi connectivity index (χ1) is 8.74. The predicted octanol–water partition coefficient (Wildman–Crippen LogP) is 2.94. The summed E-state index contributed by atoms with van der Waals surface area (Å²) in [6.07, 6.45) is 5.99. The Morgan fingerprint density at radius 1 is 1.33 bits per heavy atom. The first kappa shape index (κ1) is 13.3. The molecule has 3 nitrogen and oxygen atoms in total. The number of nitrogens with one attached hydrogen (secondary N) is 1. The Kier molecular flexibility index (Phi) is 4.55. The van der Waals surface area contributed by atoms with E-state index in [2.05, 4.69) is 47.9 Å². The topological polar surface area (TPSA) is 29.9 Å². The highest BCUT2D eigenvalue weighted by Gasteiger charge is 2.15. The van der Waals surface area contributed by atoms with Gasteiger partial charge in [-0.15, -0.1) is 11.3 Å². The van der Waals surface area contributed by atoms with E-state index in [0.717, 1.165) is 19.4 Å². The predicted molar refractivity (Wildman–Crippen MR) is 77.0 cm³/mol. The van der Waals surface area contributed by atoms with Gasteiger partial charge in [-0.2, -0.15) is 0 Å². The Morgan fingerprint density at radius 3 is 2.67 bits per heavy atom. The van der Waals surface area contributed by atoms with E-state index >= 15 is 0 Å². The maximum atomic E-state index is 4.21. The quantitative estimate of drug-likeness (QED) is 0.868. The van der Waals surface area contributed by atoms with Crippen molar-refractivity contribution in [2.24, 2.45) is 7.05 Å². The van der Waals surface area contributed by atoms with Crippen LogP contribution in [0.2, 0.25) is 0 Å². The molecule has 98 valence electrons. The molecule has 0 bridgehead atoms. The van der Waals surface area contributed by atoms with Crippen LogP contribution in [0, 0.1) is 0 Å². The van der Waals surface area contributed by atoms with Gasteiger partial charge in [0, 0.05) is 29.4 Å². The largest absolute Gasteiger partial charge is 0.336 e. The highest BCUT2D eigenvalue weighted by atomic mass is 32.1. The van der Waals surface area contributed by atoms with Crippen LogP contribution in [-0.4, -0.2) is 16.1 Å². The van der Waals surface area contributed by atoms with Crippen LogP contribution >= 0.6 is 11.3 Å². The van der Waals surface area contributed by atoms with Crippen molar-refractivity contribution in [1.29, 1.82) is 0 Å². The summed E-state index contributed by atoms with van der Waals surface area (Å²) >= 11 is 1.92. The first-order valence-corrected chi connectivity index (χ1v) is 7.33. The summed E-state index contributed by atoms with van der Waals surface area (Å²) in [6.45, 7) is 5.33. The maximum absolute atomic E-state index is 4.21. The molecule has 0 fully saturated rings. The van der Waals surface area contributed by atoms with Crippen molar-refractivity contribution in [2.45, 2.75) is 32.7 Å². The van der Waals surface area contributed by atoms with E-state index in [4.69, 9.17) is 0 Å². The van der Waals surface area contributed by atoms with Crippen molar-refractivity contribution in [3.05, 3.63) is 40.1 Å². The van der Waals surface area contributed by atoms with Gasteiger partial charge in [0.2, 0.25) is 0 Å². The molecule has 4 heteroatoms. The molecule has 2 aromatic rings. The van der Waals surface area contributed by atoms with Gasteiger partial charge in [0.25, 0.3) is 0 Å². The highest BCUT2D eigenvalue weighted by Crippen LogP contribution is 2.23. The van der Waals surface area contributed by atoms with Crippen molar-refractivity contribution in [1.82, 2.24) is 14.9 Å². The molecule has 0 aromatic carbocycles. The smallest absolute Gasteiger partial charge is 0.0946 e. The number of nitrogens with zero attached hydrogens (tertiary/aromatic N) is 2. The number of imidazole rings is 1. The molecule has 0 radical (unpaired) electrons. The van der Waals surface area contributed by atoms with Gasteiger partial charge >= 0.3 is 0 Å². The van der Waals surface area contributed by atoms with Crippen LogP contribution in [0.25, 0.3) is 0 Å². The van der Waals surface area contributed by atoms with Gasteiger partial charge in [-0.3, -0.25) is 0 Å². The van der Waals surface area contributed by atoms with Crippen LogP contribution in [0.1, 0.15) is 35.3 Å². The number of thiophene rings is 1. The zero-order valence-electron chi connectivity index (χ0n) is 11.3. The molecule has 1 atom stereocenters. The second kappa shape index (κ2) is 6.16. The summed E-state index contributed by atoms with van der Waals surface area (Å²) in [7, 11) is 2.05. The van der Waals surface area contributed by atoms with Crippen molar-refractivity contribution in [2.75, 3.05) is 6.54 Å². The fourth-order valence-electron chi connectivity index (χ4n) is 2.15. The summed E-state index contributed by atoms with van der Waals surface area (Å²) in [6, 6.07) is 4.85. The number of rotatable bonds is 6. The van der Waals surface area contributed by atoms with E-state index in [9.17, 15) is 0 Å². The lowest BCUT2D eigenvalue weighted by Crippen LogP contribution is -2.24. The molecule has 2 heterocycles.